The van der Waals surface area contributed by atoms with Gasteiger partial charge in [0.25, 0.3) is 0 Å². The molecule has 0 unspecified atom stereocenters. The van der Waals surface area contributed by atoms with Crippen LogP contribution in [0, 0.1) is 13.8 Å². The molecule has 0 heterocycles. The number of carbonyl (C=O) groups excluding carboxylic acids is 1. The van der Waals surface area contributed by atoms with Gasteiger partial charge in [-0.2, -0.15) is 0 Å². The van der Waals surface area contributed by atoms with Crippen LogP contribution in [0.25, 0.3) is 10.4 Å². The Labute approximate surface area is 82.2 Å². The Hall–Kier alpha value is -1.80. The first-order valence-electron chi connectivity index (χ1n) is 4.27. The van der Waals surface area contributed by atoms with Gasteiger partial charge in [0.05, 0.1) is 0 Å². The Morgan fingerprint density at radius 2 is 1.93 bits per heavy atom. The largest absolute Gasteiger partial charge is 0.292 e. The molecule has 0 aliphatic heterocycles. The van der Waals surface area contributed by atoms with Gasteiger partial charge in [-0.1, -0.05) is 29.3 Å². The molecule has 0 N–H and O–H groups in total. The molecule has 0 aromatic heterocycles. The van der Waals surface area contributed by atoms with Crippen LogP contribution in [0.2, 0.25) is 0 Å². The molecule has 0 radical (unpaired) electrons. The van der Waals surface area contributed by atoms with Crippen LogP contribution in [0.15, 0.2) is 23.3 Å². The highest BCUT2D eigenvalue weighted by Crippen LogP contribution is 2.09. The second-order valence-corrected chi connectivity index (χ2v) is 3.26. The molecule has 0 aliphatic rings. The normalized spacial score (nSPS) is 9.29. The molecule has 1 rings (SSSR count). The van der Waals surface area contributed by atoms with Gasteiger partial charge in [-0.05, 0) is 30.1 Å². The van der Waals surface area contributed by atoms with Crippen molar-refractivity contribution in [1.29, 1.82) is 0 Å². The quantitative estimate of drug-likeness (QED) is 0.400. The van der Waals surface area contributed by atoms with Gasteiger partial charge in [-0.15, -0.1) is 0 Å². The first-order valence-corrected chi connectivity index (χ1v) is 4.27. The van der Waals surface area contributed by atoms with E-state index in [1.165, 1.54) is 0 Å². The predicted molar refractivity (Wildman–Crippen MR) is 53.8 cm³/mol. The van der Waals surface area contributed by atoms with Crippen LogP contribution in [0.3, 0.4) is 0 Å². The number of hydrogen-bond donors (Lipinski definition) is 0. The number of nitrogens with zero attached hydrogens (tertiary/aromatic N) is 3. The van der Waals surface area contributed by atoms with E-state index >= 15 is 0 Å². The predicted octanol–water partition coefficient (Wildman–Crippen LogP) is 2.68. The molecule has 0 fully saturated rings. The fraction of sp³-hybridized carbons (Fsp3) is 0.300. The van der Waals surface area contributed by atoms with Crippen molar-refractivity contribution in [2.45, 2.75) is 20.3 Å². The first kappa shape index (κ1) is 10.3. The number of rotatable bonds is 2. The van der Waals surface area contributed by atoms with Crippen molar-refractivity contribution in [2.24, 2.45) is 5.11 Å². The topological polar surface area (TPSA) is 65.8 Å². The lowest BCUT2D eigenvalue weighted by Crippen LogP contribution is -1.98. The molecule has 1 aromatic rings. The number of carbonyl (C=O) groups is 1. The van der Waals surface area contributed by atoms with Gasteiger partial charge in [0, 0.05) is 11.3 Å². The van der Waals surface area contributed by atoms with Crippen molar-refractivity contribution in [2.75, 3.05) is 0 Å². The summed E-state index contributed by atoms with van der Waals surface area (Å²) in [4.78, 5) is 13.5. The maximum Gasteiger partial charge on any atom is 0.223 e. The van der Waals surface area contributed by atoms with Gasteiger partial charge in [0.15, 0.2) is 0 Å². The maximum atomic E-state index is 11.0. The van der Waals surface area contributed by atoms with E-state index in [4.69, 9.17) is 5.53 Å². The minimum Gasteiger partial charge on any atom is -0.292 e. The van der Waals surface area contributed by atoms with Gasteiger partial charge in [-0.25, -0.2) is 0 Å². The van der Waals surface area contributed by atoms with Crippen molar-refractivity contribution in [3.63, 3.8) is 0 Å². The van der Waals surface area contributed by atoms with Gasteiger partial charge in [-0.3, -0.25) is 4.79 Å². The van der Waals surface area contributed by atoms with E-state index in [1.54, 1.807) is 0 Å². The van der Waals surface area contributed by atoms with Gasteiger partial charge < -0.3 is 0 Å². The molecule has 0 spiro atoms. The fourth-order valence-electron chi connectivity index (χ4n) is 1.43. The summed E-state index contributed by atoms with van der Waals surface area (Å²) in [5.74, 6) is -0.447. The summed E-state index contributed by atoms with van der Waals surface area (Å²) in [6.45, 7) is 3.93. The summed E-state index contributed by atoms with van der Waals surface area (Å²) in [6.07, 6.45) is 0.173. The van der Waals surface area contributed by atoms with Crippen LogP contribution in [0.5, 0.6) is 0 Å². The molecule has 4 heteroatoms. The monoisotopic (exact) mass is 189 g/mol. The third-order valence-electron chi connectivity index (χ3n) is 1.79. The Kier molecular flexibility index (Phi) is 3.26. The van der Waals surface area contributed by atoms with E-state index in [0.29, 0.717) is 0 Å². The third kappa shape index (κ3) is 2.92. The standard InChI is InChI=1S/C10H11N3O/c1-7-3-8(2)5-9(4-7)6-10(14)12-13-11/h3-5H,6H2,1-2H3. The molecule has 1 amide bonds. The number of amides is 1. The smallest absolute Gasteiger partial charge is 0.223 e. The second-order valence-electron chi connectivity index (χ2n) is 3.26. The summed E-state index contributed by atoms with van der Waals surface area (Å²) in [6, 6.07) is 5.86. The minimum absolute atomic E-state index is 0.173. The summed E-state index contributed by atoms with van der Waals surface area (Å²) in [7, 11) is 0. The van der Waals surface area contributed by atoms with E-state index in [0.717, 1.165) is 16.7 Å². The number of aryl methyl sites for hydroxylation is 2. The van der Waals surface area contributed by atoms with Gasteiger partial charge in [0.1, 0.15) is 0 Å². The summed E-state index contributed by atoms with van der Waals surface area (Å²) >= 11 is 0. The summed E-state index contributed by atoms with van der Waals surface area (Å²) in [5, 5.41) is 3.02. The molecule has 4 nitrogen and oxygen atoms in total. The third-order valence-corrected chi connectivity index (χ3v) is 1.79. The zero-order chi connectivity index (χ0) is 10.6. The van der Waals surface area contributed by atoms with Crippen LogP contribution in [-0.2, 0) is 11.2 Å². The highest BCUT2D eigenvalue weighted by atomic mass is 16.1. The molecule has 0 aliphatic carbocycles. The zero-order valence-electron chi connectivity index (χ0n) is 8.19. The molecule has 14 heavy (non-hydrogen) atoms. The highest BCUT2D eigenvalue weighted by Gasteiger charge is 2.01. The molecule has 0 bridgehead atoms. The molecule has 1 aromatic carbocycles. The molecule has 0 saturated heterocycles. The minimum atomic E-state index is -0.447. The van der Waals surface area contributed by atoms with E-state index in [-0.39, 0.29) is 6.42 Å². The Morgan fingerprint density at radius 1 is 1.36 bits per heavy atom. The molecular weight excluding hydrogens is 178 g/mol. The van der Waals surface area contributed by atoms with E-state index in [1.807, 2.05) is 32.0 Å². The molecule has 0 atom stereocenters. The van der Waals surface area contributed by atoms with Crippen LogP contribution in [-0.4, -0.2) is 5.91 Å². The van der Waals surface area contributed by atoms with E-state index in [9.17, 15) is 4.79 Å². The summed E-state index contributed by atoms with van der Waals surface area (Å²) < 4.78 is 0. The van der Waals surface area contributed by atoms with Crippen molar-refractivity contribution in [1.82, 2.24) is 0 Å². The van der Waals surface area contributed by atoms with Crippen LogP contribution >= 0.6 is 0 Å². The van der Waals surface area contributed by atoms with Crippen molar-refractivity contribution in [3.05, 3.63) is 45.3 Å². The van der Waals surface area contributed by atoms with Crippen LogP contribution in [0.4, 0.5) is 0 Å². The average Bonchev–Trinajstić information content (AvgIpc) is 2.01. The van der Waals surface area contributed by atoms with E-state index in [2.05, 4.69) is 10.0 Å². The SMILES string of the molecule is Cc1cc(C)cc(CC(=O)N=[N+]=[N-])c1. The van der Waals surface area contributed by atoms with E-state index < -0.39 is 5.91 Å². The number of benzene rings is 1. The van der Waals surface area contributed by atoms with Crippen molar-refractivity contribution in [3.8, 4) is 0 Å². The molecule has 0 saturated carbocycles. The lowest BCUT2D eigenvalue weighted by molar-refractivity contribution is -0.117. The number of hydrogen-bond acceptors (Lipinski definition) is 1. The average molecular weight is 189 g/mol. The summed E-state index contributed by atoms with van der Waals surface area (Å²) in [5.41, 5.74) is 11.2. The Balaban J connectivity index is 2.86. The lowest BCUT2D eigenvalue weighted by atomic mass is 10.1. The first-order chi connectivity index (χ1) is 6.61. The lowest BCUT2D eigenvalue weighted by Gasteiger charge is -2.01. The van der Waals surface area contributed by atoms with Crippen LogP contribution < -0.4 is 0 Å². The van der Waals surface area contributed by atoms with Crippen molar-refractivity contribution < 1.29 is 4.79 Å². The second kappa shape index (κ2) is 4.44. The fourth-order valence-corrected chi connectivity index (χ4v) is 1.43. The van der Waals surface area contributed by atoms with Crippen molar-refractivity contribution >= 4 is 5.91 Å². The molecule has 72 valence electrons. The maximum absolute atomic E-state index is 11.0. The Morgan fingerprint density at radius 3 is 2.43 bits per heavy atom. The Bertz CT molecular complexity index is 386. The van der Waals surface area contributed by atoms with Gasteiger partial charge in [0.2, 0.25) is 5.91 Å². The zero-order valence-corrected chi connectivity index (χ0v) is 8.19. The van der Waals surface area contributed by atoms with Gasteiger partial charge >= 0.3 is 0 Å². The van der Waals surface area contributed by atoms with Crippen LogP contribution in [0.1, 0.15) is 16.7 Å². The highest BCUT2D eigenvalue weighted by molar-refractivity contribution is 5.79. The number of azide groups is 1. The molecular formula is C10H11N3O.